The number of ether oxygens (including phenoxy) is 1. The highest BCUT2D eigenvalue weighted by Gasteiger charge is 2.35. The third-order valence-corrected chi connectivity index (χ3v) is 5.75. The average Bonchev–Trinajstić information content (AvgIpc) is 3.18. The van der Waals surface area contributed by atoms with Crippen molar-refractivity contribution in [3.05, 3.63) is 77.1 Å². The number of carbonyl (C=O) groups excluding carboxylic acids is 1. The van der Waals surface area contributed by atoms with Gasteiger partial charge in [0.1, 0.15) is 11.5 Å². The van der Waals surface area contributed by atoms with Gasteiger partial charge in [-0.2, -0.15) is 0 Å². The number of aromatic nitrogens is 1. The zero-order valence-corrected chi connectivity index (χ0v) is 20.2. The van der Waals surface area contributed by atoms with Gasteiger partial charge in [-0.25, -0.2) is 9.78 Å². The Morgan fingerprint density at radius 2 is 2.12 bits per heavy atom. The van der Waals surface area contributed by atoms with Crippen molar-refractivity contribution in [2.24, 2.45) is 0 Å². The highest BCUT2D eigenvalue weighted by molar-refractivity contribution is 5.92. The predicted molar refractivity (Wildman–Crippen MR) is 131 cm³/mol. The number of fused-ring (bicyclic) bond motifs is 1. The molecule has 1 aliphatic heterocycles. The van der Waals surface area contributed by atoms with Crippen LogP contribution in [0.5, 0.6) is 5.75 Å². The zero-order chi connectivity index (χ0) is 24.7. The number of carboxylic acid groups (broad SMARTS) is 1. The van der Waals surface area contributed by atoms with E-state index in [1.807, 2.05) is 32.9 Å². The predicted octanol–water partition coefficient (Wildman–Crippen LogP) is 5.06. The van der Waals surface area contributed by atoms with Gasteiger partial charge in [-0.3, -0.25) is 4.79 Å². The first-order chi connectivity index (χ1) is 16.3. The molecule has 0 bridgehead atoms. The summed E-state index contributed by atoms with van der Waals surface area (Å²) in [6, 6.07) is 4.41. The fourth-order valence-corrected chi connectivity index (χ4v) is 4.02. The van der Waals surface area contributed by atoms with E-state index in [0.717, 1.165) is 29.0 Å². The van der Waals surface area contributed by atoms with Crippen LogP contribution in [0.3, 0.4) is 0 Å². The fourth-order valence-electron chi connectivity index (χ4n) is 4.02. The van der Waals surface area contributed by atoms with Crippen LogP contribution in [0.4, 0.5) is 0 Å². The Labute approximate surface area is 200 Å². The average molecular weight is 465 g/mol. The van der Waals surface area contributed by atoms with E-state index in [-0.39, 0.29) is 5.91 Å². The molecule has 0 spiro atoms. The summed E-state index contributed by atoms with van der Waals surface area (Å²) in [6.07, 6.45) is 10.7. The molecule has 1 aliphatic rings. The molecule has 7 heteroatoms. The number of aliphatic carboxylic acids is 1. The lowest BCUT2D eigenvalue weighted by atomic mass is 9.92. The summed E-state index contributed by atoms with van der Waals surface area (Å²) in [4.78, 5) is 30.7. The van der Waals surface area contributed by atoms with Gasteiger partial charge < -0.3 is 19.2 Å². The first-order valence-electron chi connectivity index (χ1n) is 11.6. The van der Waals surface area contributed by atoms with Gasteiger partial charge in [0.05, 0.1) is 12.3 Å². The van der Waals surface area contributed by atoms with Crippen molar-refractivity contribution >= 4 is 17.4 Å². The molecule has 180 valence electrons. The summed E-state index contributed by atoms with van der Waals surface area (Å²) in [5.74, 6) is 0.561. The Kier molecular flexibility index (Phi) is 8.46. The van der Waals surface area contributed by atoms with E-state index in [9.17, 15) is 14.7 Å². The monoisotopic (exact) mass is 464 g/mol. The molecular weight excluding hydrogens is 432 g/mol. The number of benzene rings is 1. The molecule has 3 rings (SSSR count). The number of carbonyl (C=O) groups is 2. The quantitative estimate of drug-likeness (QED) is 0.412. The topological polar surface area (TPSA) is 92.9 Å². The number of allylic oxidation sites excluding steroid dienone is 5. The van der Waals surface area contributed by atoms with E-state index in [0.29, 0.717) is 43.2 Å². The summed E-state index contributed by atoms with van der Waals surface area (Å²) < 4.78 is 11.7. The maximum Gasteiger partial charge on any atom is 0.331 e. The van der Waals surface area contributed by atoms with Gasteiger partial charge in [0.2, 0.25) is 11.8 Å². The molecule has 1 unspecified atom stereocenters. The normalized spacial score (nSPS) is 16.3. The summed E-state index contributed by atoms with van der Waals surface area (Å²) in [6.45, 7) is 8.50. The number of amides is 1. The zero-order valence-electron chi connectivity index (χ0n) is 20.2. The van der Waals surface area contributed by atoms with Gasteiger partial charge in [-0.1, -0.05) is 37.3 Å². The molecule has 0 aliphatic carbocycles. The summed E-state index contributed by atoms with van der Waals surface area (Å²) in [7, 11) is 0. The van der Waals surface area contributed by atoms with Gasteiger partial charge in [0, 0.05) is 24.6 Å². The van der Waals surface area contributed by atoms with Crippen LogP contribution in [0.1, 0.15) is 61.7 Å². The molecule has 2 heterocycles. The number of nitrogens with zero attached hydrogens (tertiary/aromatic N) is 2. The lowest BCUT2D eigenvalue weighted by Crippen LogP contribution is -2.42. The largest absolute Gasteiger partial charge is 0.493 e. The van der Waals surface area contributed by atoms with Gasteiger partial charge >= 0.3 is 5.97 Å². The van der Waals surface area contributed by atoms with Gasteiger partial charge in [0.15, 0.2) is 6.04 Å². The number of hydrogen-bond donors (Lipinski definition) is 1. The van der Waals surface area contributed by atoms with Crippen molar-refractivity contribution in [1.82, 2.24) is 9.88 Å². The molecule has 1 amide bonds. The minimum atomic E-state index is -1.06. The molecular formula is C27H32N2O5. The van der Waals surface area contributed by atoms with Crippen LogP contribution >= 0.6 is 0 Å². The molecule has 1 atom stereocenters. The highest BCUT2D eigenvalue weighted by Crippen LogP contribution is 2.33. The first kappa shape index (κ1) is 25.0. The minimum absolute atomic E-state index is 0.327. The molecule has 0 fully saturated rings. The van der Waals surface area contributed by atoms with E-state index in [4.69, 9.17) is 9.15 Å². The van der Waals surface area contributed by atoms with Crippen LogP contribution < -0.4 is 4.74 Å². The van der Waals surface area contributed by atoms with Crippen molar-refractivity contribution in [2.45, 2.75) is 53.0 Å². The molecule has 34 heavy (non-hydrogen) atoms. The lowest BCUT2D eigenvalue weighted by molar-refractivity contribution is -0.149. The first-order valence-corrected chi connectivity index (χ1v) is 11.6. The second-order valence-electron chi connectivity index (χ2n) is 8.18. The lowest BCUT2D eigenvalue weighted by Gasteiger charge is -2.34. The smallest absolute Gasteiger partial charge is 0.331 e. The van der Waals surface area contributed by atoms with Crippen molar-refractivity contribution in [2.75, 3.05) is 13.2 Å². The van der Waals surface area contributed by atoms with Crippen molar-refractivity contribution < 1.29 is 23.8 Å². The minimum Gasteiger partial charge on any atom is -0.493 e. The molecule has 1 aromatic heterocycles. The maximum atomic E-state index is 12.6. The number of aryl methyl sites for hydroxylation is 1. The third-order valence-electron chi connectivity index (χ3n) is 5.75. The number of hydrogen-bond acceptors (Lipinski definition) is 5. The number of rotatable bonds is 9. The van der Waals surface area contributed by atoms with Crippen molar-refractivity contribution in [3.63, 3.8) is 0 Å². The Bertz CT molecular complexity index is 1130. The van der Waals surface area contributed by atoms with Crippen molar-refractivity contribution in [1.29, 1.82) is 0 Å². The molecule has 2 aromatic rings. The van der Waals surface area contributed by atoms with Crippen LogP contribution in [0.15, 0.2) is 53.0 Å². The second kappa shape index (κ2) is 11.5. The Hall–Kier alpha value is -3.61. The van der Waals surface area contributed by atoms with Gasteiger partial charge in [0.25, 0.3) is 0 Å². The van der Waals surface area contributed by atoms with Gasteiger partial charge in [-0.15, -0.1) is 0 Å². The van der Waals surface area contributed by atoms with Crippen molar-refractivity contribution in [3.8, 4) is 5.75 Å². The molecule has 1 N–H and O–H groups in total. The molecule has 0 saturated carbocycles. The SMILES string of the molecule is C/C=C/C=C/C(=O)N1CCc2ccc(OCCc3nc(/C(C)=C/CC)oc3C)cc2C1C(=O)O. The molecule has 7 nitrogen and oxygen atoms in total. The summed E-state index contributed by atoms with van der Waals surface area (Å²) >= 11 is 0. The standard InChI is InChI=1S/C27H32N2O5/c1-5-7-8-10-24(30)29-15-13-20-11-12-21(17-22(20)25(29)27(31)32)33-16-14-23-19(4)34-26(28-23)18(3)9-6-2/h5,7-12,17,25H,6,13-16H2,1-4H3,(H,31,32)/b7-5+,10-8+,18-9+. The Balaban J connectivity index is 1.73. The fraction of sp³-hybridized carbons (Fsp3) is 0.370. The Morgan fingerprint density at radius 3 is 2.82 bits per heavy atom. The second-order valence-corrected chi connectivity index (χ2v) is 8.18. The number of oxazole rings is 1. The van der Waals surface area contributed by atoms with E-state index >= 15 is 0 Å². The highest BCUT2D eigenvalue weighted by atomic mass is 16.5. The van der Waals surface area contributed by atoms with E-state index in [2.05, 4.69) is 18.0 Å². The third kappa shape index (κ3) is 5.84. The molecule has 0 radical (unpaired) electrons. The van der Waals surface area contributed by atoms with E-state index < -0.39 is 12.0 Å². The summed E-state index contributed by atoms with van der Waals surface area (Å²) in [5, 5.41) is 9.91. The van der Waals surface area contributed by atoms with Crippen LogP contribution in [-0.4, -0.2) is 40.0 Å². The number of carboxylic acids is 1. The Morgan fingerprint density at radius 1 is 1.32 bits per heavy atom. The van der Waals surface area contributed by atoms with Crippen LogP contribution in [0.25, 0.3) is 5.57 Å². The van der Waals surface area contributed by atoms with Crippen LogP contribution in [0, 0.1) is 6.92 Å². The van der Waals surface area contributed by atoms with Gasteiger partial charge in [-0.05, 0) is 56.9 Å². The van der Waals surface area contributed by atoms with Crippen LogP contribution in [0.2, 0.25) is 0 Å². The van der Waals surface area contributed by atoms with E-state index in [1.165, 1.54) is 11.0 Å². The maximum absolute atomic E-state index is 12.6. The summed E-state index contributed by atoms with van der Waals surface area (Å²) in [5.41, 5.74) is 3.34. The molecule has 1 aromatic carbocycles. The van der Waals surface area contributed by atoms with E-state index in [1.54, 1.807) is 24.3 Å². The molecule has 0 saturated heterocycles. The van der Waals surface area contributed by atoms with Crippen LogP contribution in [-0.2, 0) is 22.4 Å².